The Kier molecular flexibility index (Phi) is 12.6. The van der Waals surface area contributed by atoms with Crippen LogP contribution in [0.2, 0.25) is 0 Å². The molecule has 1 fully saturated rings. The van der Waals surface area contributed by atoms with E-state index in [0.717, 1.165) is 0 Å². The van der Waals surface area contributed by atoms with Crippen molar-refractivity contribution in [2.75, 3.05) is 18.9 Å². The Labute approximate surface area is 291 Å². The van der Waals surface area contributed by atoms with Gasteiger partial charge in [-0.2, -0.15) is 0 Å². The van der Waals surface area contributed by atoms with Gasteiger partial charge < -0.3 is 39.5 Å². The number of hydrogen-bond donors (Lipinski definition) is 3. The minimum Gasteiger partial charge on any atom is -0.455 e. The number of anilines is 1. The van der Waals surface area contributed by atoms with Crippen molar-refractivity contribution in [2.24, 2.45) is 17.6 Å². The zero-order chi connectivity index (χ0) is 36.9. The highest BCUT2D eigenvalue weighted by Gasteiger charge is 2.52. The van der Waals surface area contributed by atoms with Crippen LogP contribution >= 0.6 is 7.75 Å². The molecule has 1 amide bonds. The number of amides is 1. The standard InChI is InChI=1S/C33H47N6O10P/c1-17(2)32(41)47-26-24(16-45-50(43,38-20(7)15-44-19(5)6)49-22-12-10-9-11-13-22)46-31(27(26)48-33(42)18(3)4)39-14-23(29(35)40)25-28(34)36-21(8)37-30(25)39/h9-14,17-20,24,26-27,31H,15-16H2,1-8H3,(H2,35,40)(H,38,43)(H2,34,36,37)/t20-,24+,26+,27+,31+,50?/m0/s1. The number of nitrogen functional groups attached to an aromatic ring is 1. The molecule has 3 aromatic rings. The SMILES string of the molecule is Cc1nc(N)c2c(C(N)=O)cn([C@@H]3O[C@H](COP(=O)(N[C@@H](C)COC(C)C)Oc4ccccc4)[C@@H](OC(=O)C(C)C)[C@H]3OC(=O)C(C)C)c2n1. The van der Waals surface area contributed by atoms with E-state index in [1.807, 2.05) is 13.8 Å². The number of fused-ring (bicyclic) bond motifs is 1. The molecule has 5 N–H and O–H groups in total. The smallest absolute Gasteiger partial charge is 0.455 e. The quantitative estimate of drug-likeness (QED) is 0.141. The number of carbonyl (C=O) groups excluding carboxylic acids is 3. The predicted molar refractivity (Wildman–Crippen MR) is 183 cm³/mol. The lowest BCUT2D eigenvalue weighted by Crippen LogP contribution is -2.42. The molecule has 6 atom stereocenters. The van der Waals surface area contributed by atoms with E-state index in [1.54, 1.807) is 71.9 Å². The van der Waals surface area contributed by atoms with Gasteiger partial charge in [0, 0.05) is 12.2 Å². The third-order valence-corrected chi connectivity index (χ3v) is 9.22. The van der Waals surface area contributed by atoms with E-state index in [0.29, 0.717) is 0 Å². The van der Waals surface area contributed by atoms with Gasteiger partial charge in [-0.05, 0) is 39.8 Å². The number of nitrogens with zero attached hydrogens (tertiary/aromatic N) is 3. The molecule has 2 aromatic heterocycles. The molecule has 1 aliphatic heterocycles. The zero-order valence-corrected chi connectivity index (χ0v) is 30.4. The van der Waals surface area contributed by atoms with Crippen molar-refractivity contribution in [2.45, 2.75) is 92.1 Å². The van der Waals surface area contributed by atoms with Gasteiger partial charge >= 0.3 is 19.7 Å². The van der Waals surface area contributed by atoms with E-state index < -0.39 is 74.6 Å². The maximum absolute atomic E-state index is 14.3. The second-order valence-corrected chi connectivity index (χ2v) is 14.7. The number of aryl methyl sites for hydroxylation is 1. The molecule has 0 spiro atoms. The van der Waals surface area contributed by atoms with Gasteiger partial charge in [-0.1, -0.05) is 45.9 Å². The average molecular weight is 719 g/mol. The van der Waals surface area contributed by atoms with Crippen molar-refractivity contribution in [1.82, 2.24) is 19.6 Å². The van der Waals surface area contributed by atoms with E-state index in [2.05, 4.69) is 15.1 Å². The largest absolute Gasteiger partial charge is 0.459 e. The summed E-state index contributed by atoms with van der Waals surface area (Å²) in [5.41, 5.74) is 12.1. The lowest BCUT2D eigenvalue weighted by Gasteiger charge is -2.27. The number of aromatic nitrogens is 3. The Morgan fingerprint density at radius 3 is 2.18 bits per heavy atom. The van der Waals surface area contributed by atoms with Crippen LogP contribution in [0.1, 0.15) is 70.9 Å². The molecule has 0 saturated carbocycles. The van der Waals surface area contributed by atoms with Gasteiger partial charge in [0.05, 0.1) is 42.1 Å². The minimum absolute atomic E-state index is 0.00270. The second-order valence-electron chi connectivity index (χ2n) is 13.0. The molecule has 1 unspecified atom stereocenters. The number of hydrogen-bond acceptors (Lipinski definition) is 13. The van der Waals surface area contributed by atoms with Crippen LogP contribution in [0.4, 0.5) is 5.82 Å². The Morgan fingerprint density at radius 1 is 0.980 bits per heavy atom. The van der Waals surface area contributed by atoms with Crippen LogP contribution in [-0.4, -0.2) is 76.1 Å². The highest BCUT2D eigenvalue weighted by Crippen LogP contribution is 2.47. The zero-order valence-electron chi connectivity index (χ0n) is 29.5. The molecule has 16 nitrogen and oxygen atoms in total. The first-order chi connectivity index (χ1) is 23.5. The van der Waals surface area contributed by atoms with Gasteiger partial charge in [0.1, 0.15) is 29.1 Å². The van der Waals surface area contributed by atoms with Crippen LogP contribution < -0.4 is 21.1 Å². The molecule has 50 heavy (non-hydrogen) atoms. The number of carbonyl (C=O) groups is 3. The summed E-state index contributed by atoms with van der Waals surface area (Å²) in [5, 5.41) is 3.06. The number of rotatable bonds is 16. The van der Waals surface area contributed by atoms with E-state index in [1.165, 1.54) is 10.8 Å². The average Bonchev–Trinajstić information content (AvgIpc) is 3.57. The first-order valence-corrected chi connectivity index (χ1v) is 17.9. The Morgan fingerprint density at radius 2 is 1.60 bits per heavy atom. The monoisotopic (exact) mass is 718 g/mol. The fraction of sp³-hybridized carbons (Fsp3) is 0.545. The van der Waals surface area contributed by atoms with Gasteiger partial charge in [-0.3, -0.25) is 18.9 Å². The van der Waals surface area contributed by atoms with E-state index in [9.17, 15) is 18.9 Å². The molecule has 0 aliphatic carbocycles. The predicted octanol–water partition coefficient (Wildman–Crippen LogP) is 4.06. The molecule has 0 bridgehead atoms. The molecule has 4 rings (SSSR count). The summed E-state index contributed by atoms with van der Waals surface area (Å²) >= 11 is 0. The normalized spacial score (nSPS) is 21.0. The Bertz CT molecular complexity index is 1720. The first kappa shape index (κ1) is 38.7. The van der Waals surface area contributed by atoms with Crippen LogP contribution in [-0.2, 0) is 37.6 Å². The summed E-state index contributed by atoms with van der Waals surface area (Å²) in [7, 11) is -4.17. The van der Waals surface area contributed by atoms with Crippen molar-refractivity contribution in [3.63, 3.8) is 0 Å². The van der Waals surface area contributed by atoms with Gasteiger partial charge in [0.15, 0.2) is 18.4 Å². The fourth-order valence-electron chi connectivity index (χ4n) is 5.07. The molecule has 3 heterocycles. The second kappa shape index (κ2) is 16.3. The molecule has 274 valence electrons. The molecule has 1 saturated heterocycles. The summed E-state index contributed by atoms with van der Waals surface area (Å²) in [6.07, 6.45) is -3.72. The summed E-state index contributed by atoms with van der Waals surface area (Å²) in [6.45, 7) is 13.4. The fourth-order valence-corrected chi connectivity index (χ4v) is 6.61. The third kappa shape index (κ3) is 9.37. The molecule has 0 radical (unpaired) electrons. The molecule has 17 heteroatoms. The Balaban J connectivity index is 1.78. The summed E-state index contributed by atoms with van der Waals surface area (Å²) in [4.78, 5) is 47.4. The van der Waals surface area contributed by atoms with E-state index in [-0.39, 0.29) is 46.7 Å². The molecular weight excluding hydrogens is 671 g/mol. The Hall–Kier alpha value is -4.08. The van der Waals surface area contributed by atoms with Crippen LogP contribution in [0, 0.1) is 18.8 Å². The van der Waals surface area contributed by atoms with Crippen molar-refractivity contribution in [3.05, 3.63) is 47.9 Å². The van der Waals surface area contributed by atoms with Crippen LogP contribution in [0.25, 0.3) is 11.0 Å². The third-order valence-electron chi connectivity index (χ3n) is 7.52. The lowest BCUT2D eigenvalue weighted by molar-refractivity contribution is -0.172. The van der Waals surface area contributed by atoms with Crippen molar-refractivity contribution in [1.29, 1.82) is 0 Å². The maximum atomic E-state index is 14.3. The van der Waals surface area contributed by atoms with Crippen molar-refractivity contribution in [3.8, 4) is 5.75 Å². The van der Waals surface area contributed by atoms with Crippen molar-refractivity contribution < 1.29 is 46.9 Å². The highest BCUT2D eigenvalue weighted by atomic mass is 31.2. The minimum atomic E-state index is -4.17. The van der Waals surface area contributed by atoms with Gasteiger partial charge in [0.25, 0.3) is 5.91 Å². The van der Waals surface area contributed by atoms with Gasteiger partial charge in [-0.25, -0.2) is 19.6 Å². The van der Waals surface area contributed by atoms with E-state index >= 15 is 0 Å². The van der Waals surface area contributed by atoms with Crippen LogP contribution in [0.15, 0.2) is 36.5 Å². The van der Waals surface area contributed by atoms with E-state index in [4.69, 9.17) is 39.5 Å². The molecule has 1 aliphatic rings. The highest BCUT2D eigenvalue weighted by molar-refractivity contribution is 7.52. The number of para-hydroxylation sites is 1. The number of ether oxygens (including phenoxy) is 4. The number of primary amides is 1. The summed E-state index contributed by atoms with van der Waals surface area (Å²) < 4.78 is 51.6. The van der Waals surface area contributed by atoms with Crippen LogP contribution in [0.5, 0.6) is 5.75 Å². The summed E-state index contributed by atoms with van der Waals surface area (Å²) in [6, 6.07) is 7.96. The molecule has 1 aromatic carbocycles. The maximum Gasteiger partial charge on any atom is 0.459 e. The topological polar surface area (TPSA) is 218 Å². The van der Waals surface area contributed by atoms with Gasteiger partial charge in [0.2, 0.25) is 0 Å². The first-order valence-electron chi connectivity index (χ1n) is 16.4. The van der Waals surface area contributed by atoms with Crippen molar-refractivity contribution >= 4 is 42.4 Å². The molecular formula is C33H47N6O10P. The number of esters is 2. The lowest BCUT2D eigenvalue weighted by atomic mass is 10.1. The van der Waals surface area contributed by atoms with Gasteiger partial charge in [-0.15, -0.1) is 0 Å². The van der Waals surface area contributed by atoms with Crippen LogP contribution in [0.3, 0.4) is 0 Å². The number of nitrogens with two attached hydrogens (primary N) is 2. The number of nitrogens with one attached hydrogen (secondary N) is 1. The number of benzene rings is 1. The summed E-state index contributed by atoms with van der Waals surface area (Å²) in [5.74, 6) is -2.65.